The van der Waals surface area contributed by atoms with E-state index in [0.717, 1.165) is 21.9 Å². The van der Waals surface area contributed by atoms with Crippen LogP contribution in [0.4, 0.5) is 0 Å². The molecule has 2 saturated heterocycles. The fourth-order valence-electron chi connectivity index (χ4n) is 4.82. The first-order valence-electron chi connectivity index (χ1n) is 12.2. The third-order valence-corrected chi connectivity index (χ3v) is 6.64. The molecule has 2 fully saturated rings. The molecule has 36 heavy (non-hydrogen) atoms. The van der Waals surface area contributed by atoms with Crippen LogP contribution in [-0.4, -0.2) is 42.7 Å². The van der Waals surface area contributed by atoms with Gasteiger partial charge in [-0.15, -0.1) is 0 Å². The van der Waals surface area contributed by atoms with E-state index >= 15 is 0 Å². The zero-order valence-corrected chi connectivity index (χ0v) is 19.7. The van der Waals surface area contributed by atoms with Crippen LogP contribution in [0.25, 0.3) is 10.8 Å². The average Bonchev–Trinajstić information content (AvgIpc) is 2.96. The summed E-state index contributed by atoms with van der Waals surface area (Å²) < 4.78 is 31.0. The molecule has 4 aromatic rings. The highest BCUT2D eigenvalue weighted by Gasteiger charge is 2.48. The maximum Gasteiger partial charge on any atom is 0.184 e. The van der Waals surface area contributed by atoms with Crippen LogP contribution in [0.5, 0.6) is 5.75 Å². The van der Waals surface area contributed by atoms with Crippen molar-refractivity contribution >= 4 is 10.8 Å². The molecule has 184 valence electrons. The van der Waals surface area contributed by atoms with Crippen LogP contribution >= 0.6 is 0 Å². The molecule has 2 aliphatic rings. The summed E-state index contributed by atoms with van der Waals surface area (Å²) in [5, 5.41) is 13.4. The summed E-state index contributed by atoms with van der Waals surface area (Å²) >= 11 is 0. The molecule has 0 spiro atoms. The van der Waals surface area contributed by atoms with Gasteiger partial charge in [0.05, 0.1) is 6.61 Å². The smallest absolute Gasteiger partial charge is 0.184 e. The van der Waals surface area contributed by atoms with Gasteiger partial charge < -0.3 is 28.8 Å². The zero-order valence-electron chi connectivity index (χ0n) is 19.7. The molecule has 0 aliphatic carbocycles. The molecule has 0 amide bonds. The van der Waals surface area contributed by atoms with Crippen molar-refractivity contribution < 1.29 is 28.8 Å². The summed E-state index contributed by atoms with van der Waals surface area (Å²) in [6.45, 7) is 0.369. The highest BCUT2D eigenvalue weighted by molar-refractivity contribution is 5.88. The number of ether oxygens (including phenoxy) is 5. The lowest BCUT2D eigenvalue weighted by atomic mass is 9.99. The Morgan fingerprint density at radius 1 is 0.722 bits per heavy atom. The monoisotopic (exact) mass is 484 g/mol. The summed E-state index contributed by atoms with van der Waals surface area (Å²) in [5.74, 6) is 0.713. The van der Waals surface area contributed by atoms with E-state index in [9.17, 15) is 5.11 Å². The Labute approximate surface area is 209 Å². The normalized spacial score (nSPS) is 26.8. The molecule has 0 bridgehead atoms. The van der Waals surface area contributed by atoms with Crippen LogP contribution in [0.3, 0.4) is 0 Å². The van der Waals surface area contributed by atoms with Crippen molar-refractivity contribution in [2.75, 3.05) is 13.2 Å². The molecule has 0 radical (unpaired) electrons. The van der Waals surface area contributed by atoms with Gasteiger partial charge in [0.2, 0.25) is 0 Å². The predicted octanol–water partition coefficient (Wildman–Crippen LogP) is 5.18. The molecular formula is C30H28O6. The fraction of sp³-hybridized carbons (Fsp3) is 0.267. The standard InChI is InChI=1S/C30H28O6/c31-24(18-32-25-17-9-15-20-10-7-8-16-23(20)25)27-28-26(34-30(35-27)22-13-5-2-6-14-22)19-33-29(36-28)21-11-3-1-4-12-21/h1-17,24,26-31H,18-19H2/t24-,26+,27-,28-,29?,30?/m1/s1. The molecule has 6 heteroatoms. The summed E-state index contributed by atoms with van der Waals surface area (Å²) in [4.78, 5) is 0. The second kappa shape index (κ2) is 10.4. The molecule has 1 N–H and O–H groups in total. The molecule has 6 nitrogen and oxygen atoms in total. The van der Waals surface area contributed by atoms with Crippen LogP contribution in [0.1, 0.15) is 23.7 Å². The van der Waals surface area contributed by atoms with Gasteiger partial charge in [-0.05, 0) is 11.5 Å². The van der Waals surface area contributed by atoms with Crippen LogP contribution in [-0.2, 0) is 18.9 Å². The first kappa shape index (κ1) is 23.2. The molecule has 2 unspecified atom stereocenters. The summed E-state index contributed by atoms with van der Waals surface area (Å²) in [5.41, 5.74) is 1.77. The number of fused-ring (bicyclic) bond motifs is 2. The SMILES string of the molecule is O[C@H](COc1cccc2ccccc12)[C@H]1OC(c2ccccc2)O[C@H]2COC(c3ccccc3)O[C@@H]12. The lowest BCUT2D eigenvalue weighted by molar-refractivity contribution is -0.373. The molecule has 2 heterocycles. The van der Waals surface area contributed by atoms with Crippen LogP contribution in [0, 0.1) is 0 Å². The van der Waals surface area contributed by atoms with Crippen molar-refractivity contribution in [3.63, 3.8) is 0 Å². The van der Waals surface area contributed by atoms with Crippen molar-refractivity contribution in [2.24, 2.45) is 0 Å². The molecule has 6 atom stereocenters. The number of rotatable bonds is 6. The summed E-state index contributed by atoms with van der Waals surface area (Å²) in [7, 11) is 0. The van der Waals surface area contributed by atoms with Gasteiger partial charge in [-0.3, -0.25) is 0 Å². The van der Waals surface area contributed by atoms with Gasteiger partial charge >= 0.3 is 0 Å². The van der Waals surface area contributed by atoms with E-state index in [2.05, 4.69) is 0 Å². The van der Waals surface area contributed by atoms with Gasteiger partial charge in [0.1, 0.15) is 36.8 Å². The molecule has 2 aliphatic heterocycles. The van der Waals surface area contributed by atoms with Crippen molar-refractivity contribution in [1.82, 2.24) is 0 Å². The Bertz CT molecular complexity index is 1280. The largest absolute Gasteiger partial charge is 0.490 e. The second-order valence-electron chi connectivity index (χ2n) is 9.05. The fourth-order valence-corrected chi connectivity index (χ4v) is 4.82. The molecular weight excluding hydrogens is 456 g/mol. The minimum Gasteiger partial charge on any atom is -0.490 e. The third kappa shape index (κ3) is 4.74. The first-order valence-corrected chi connectivity index (χ1v) is 12.2. The predicted molar refractivity (Wildman–Crippen MR) is 134 cm³/mol. The van der Waals surface area contributed by atoms with E-state index in [1.54, 1.807) is 0 Å². The van der Waals surface area contributed by atoms with E-state index in [4.69, 9.17) is 23.7 Å². The Morgan fingerprint density at radius 3 is 2.17 bits per heavy atom. The number of benzene rings is 4. The maximum absolute atomic E-state index is 11.3. The van der Waals surface area contributed by atoms with Crippen molar-refractivity contribution in [2.45, 2.75) is 37.0 Å². The highest BCUT2D eigenvalue weighted by Crippen LogP contribution is 2.39. The Morgan fingerprint density at radius 2 is 1.39 bits per heavy atom. The van der Waals surface area contributed by atoms with Gasteiger partial charge in [-0.25, -0.2) is 0 Å². The number of aliphatic hydroxyl groups is 1. The highest BCUT2D eigenvalue weighted by atomic mass is 16.8. The van der Waals surface area contributed by atoms with Gasteiger partial charge in [-0.2, -0.15) is 0 Å². The minimum atomic E-state index is -0.957. The van der Waals surface area contributed by atoms with Gasteiger partial charge in [-0.1, -0.05) is 97.1 Å². The van der Waals surface area contributed by atoms with Gasteiger partial charge in [0, 0.05) is 16.5 Å². The van der Waals surface area contributed by atoms with Gasteiger partial charge in [0.15, 0.2) is 12.6 Å². The maximum atomic E-state index is 11.3. The number of hydrogen-bond acceptors (Lipinski definition) is 6. The first-order chi connectivity index (χ1) is 17.8. The Balaban J connectivity index is 1.24. The lowest BCUT2D eigenvalue weighted by Gasteiger charge is -2.47. The van der Waals surface area contributed by atoms with Crippen molar-refractivity contribution in [3.05, 3.63) is 114 Å². The van der Waals surface area contributed by atoms with E-state index in [1.807, 2.05) is 103 Å². The van der Waals surface area contributed by atoms with Crippen LogP contribution in [0.2, 0.25) is 0 Å². The quantitative estimate of drug-likeness (QED) is 0.407. The lowest BCUT2D eigenvalue weighted by Crippen LogP contribution is -2.58. The van der Waals surface area contributed by atoms with E-state index < -0.39 is 37.0 Å². The third-order valence-electron chi connectivity index (χ3n) is 6.64. The van der Waals surface area contributed by atoms with E-state index in [0.29, 0.717) is 12.4 Å². The number of aliphatic hydroxyl groups excluding tert-OH is 1. The molecule has 4 aromatic carbocycles. The number of hydrogen-bond donors (Lipinski definition) is 1. The second-order valence-corrected chi connectivity index (χ2v) is 9.05. The molecule has 0 aromatic heterocycles. The average molecular weight is 485 g/mol. The summed E-state index contributed by atoms with van der Waals surface area (Å²) in [6.07, 6.45) is -3.79. The minimum absolute atomic E-state index is 0.0453. The van der Waals surface area contributed by atoms with Crippen molar-refractivity contribution in [3.8, 4) is 5.75 Å². The van der Waals surface area contributed by atoms with Crippen LogP contribution in [0.15, 0.2) is 103 Å². The molecule has 0 saturated carbocycles. The van der Waals surface area contributed by atoms with E-state index in [1.165, 1.54) is 0 Å². The zero-order chi connectivity index (χ0) is 24.3. The van der Waals surface area contributed by atoms with E-state index in [-0.39, 0.29) is 6.61 Å². The molecule has 6 rings (SSSR count). The van der Waals surface area contributed by atoms with Crippen molar-refractivity contribution in [1.29, 1.82) is 0 Å². The topological polar surface area (TPSA) is 66.4 Å². The Hall–Kier alpha value is -3.26. The summed E-state index contributed by atoms with van der Waals surface area (Å²) in [6, 6.07) is 33.3. The van der Waals surface area contributed by atoms with Crippen LogP contribution < -0.4 is 4.74 Å². The Kier molecular flexibility index (Phi) is 6.68. The van der Waals surface area contributed by atoms with Gasteiger partial charge in [0.25, 0.3) is 0 Å².